The molecule has 0 spiro atoms. The van der Waals surface area contributed by atoms with Gasteiger partial charge in [0.2, 0.25) is 0 Å². The molecule has 0 amide bonds. The van der Waals surface area contributed by atoms with Gasteiger partial charge in [-0.1, -0.05) is 39.3 Å². The summed E-state index contributed by atoms with van der Waals surface area (Å²) in [7, 11) is 0. The highest BCUT2D eigenvalue weighted by molar-refractivity contribution is 6.19. The fraction of sp³-hybridized carbons (Fsp3) is 1.00. The van der Waals surface area contributed by atoms with Gasteiger partial charge in [-0.25, -0.2) is 0 Å². The van der Waals surface area contributed by atoms with Crippen molar-refractivity contribution in [2.24, 2.45) is 11.8 Å². The summed E-state index contributed by atoms with van der Waals surface area (Å²) < 4.78 is 5.42. The fourth-order valence-corrected chi connectivity index (χ4v) is 0.885. The highest BCUT2D eigenvalue weighted by atomic mass is 35.5. The first-order chi connectivity index (χ1) is 5.07. The molecular formula is C9H19ClO. The maximum absolute atomic E-state index is 5.95. The average molecular weight is 179 g/mol. The summed E-state index contributed by atoms with van der Waals surface area (Å²) in [6.45, 7) is 9.25. The predicted octanol–water partition coefficient (Wildman–Crippen LogP) is 3.27. The van der Waals surface area contributed by atoms with Crippen molar-refractivity contribution in [3.05, 3.63) is 0 Å². The Bertz CT molecular complexity index is 93.6. The van der Waals surface area contributed by atoms with Crippen LogP contribution in [0.5, 0.6) is 0 Å². The number of ether oxygens (including phenoxy) is 1. The van der Waals surface area contributed by atoms with Crippen LogP contribution in [0.1, 0.15) is 34.1 Å². The molecule has 0 aromatic heterocycles. The van der Waals surface area contributed by atoms with Gasteiger partial charge in [-0.3, -0.25) is 0 Å². The Balaban J connectivity index is 3.43. The molecular weight excluding hydrogens is 160 g/mol. The molecule has 11 heavy (non-hydrogen) atoms. The summed E-state index contributed by atoms with van der Waals surface area (Å²) >= 11 is 5.95. The molecule has 0 aliphatic carbocycles. The Kier molecular flexibility index (Phi) is 5.98. The van der Waals surface area contributed by atoms with Gasteiger partial charge in [0.05, 0.1) is 6.61 Å². The first kappa shape index (κ1) is 11.2. The van der Waals surface area contributed by atoms with Crippen LogP contribution < -0.4 is 0 Å². The minimum Gasteiger partial charge on any atom is -0.362 e. The smallest absolute Gasteiger partial charge is 0.133 e. The minimum atomic E-state index is -0.109. The van der Waals surface area contributed by atoms with Crippen molar-refractivity contribution in [1.82, 2.24) is 0 Å². The van der Waals surface area contributed by atoms with Crippen molar-refractivity contribution >= 4 is 11.6 Å². The first-order valence-corrected chi connectivity index (χ1v) is 4.77. The lowest BCUT2D eigenvalue weighted by molar-refractivity contribution is 0.0541. The van der Waals surface area contributed by atoms with E-state index < -0.39 is 0 Å². The topological polar surface area (TPSA) is 9.23 Å². The van der Waals surface area contributed by atoms with E-state index in [-0.39, 0.29) is 5.56 Å². The SMILES string of the molecule is CCC(C)C(Cl)OCC(C)C. The van der Waals surface area contributed by atoms with Crippen molar-refractivity contribution < 1.29 is 4.74 Å². The van der Waals surface area contributed by atoms with Gasteiger partial charge in [0.15, 0.2) is 0 Å². The second kappa shape index (κ2) is 5.84. The zero-order valence-corrected chi connectivity index (χ0v) is 8.69. The average Bonchev–Trinajstić information content (AvgIpc) is 1.98. The van der Waals surface area contributed by atoms with E-state index in [9.17, 15) is 0 Å². The van der Waals surface area contributed by atoms with Crippen molar-refractivity contribution in [3.8, 4) is 0 Å². The van der Waals surface area contributed by atoms with Gasteiger partial charge in [0.25, 0.3) is 0 Å². The van der Waals surface area contributed by atoms with E-state index in [2.05, 4.69) is 27.7 Å². The van der Waals surface area contributed by atoms with E-state index in [1.165, 1.54) is 0 Å². The molecule has 0 saturated carbocycles. The molecule has 0 N–H and O–H groups in total. The zero-order chi connectivity index (χ0) is 8.85. The Morgan fingerprint density at radius 2 is 1.82 bits per heavy atom. The van der Waals surface area contributed by atoms with Crippen LogP contribution in [0.2, 0.25) is 0 Å². The molecule has 0 aliphatic rings. The van der Waals surface area contributed by atoms with Crippen LogP contribution in [-0.2, 0) is 4.74 Å². The standard InChI is InChI=1S/C9H19ClO/c1-5-8(4)9(10)11-6-7(2)3/h7-9H,5-6H2,1-4H3. The Hall–Kier alpha value is 0.250. The summed E-state index contributed by atoms with van der Waals surface area (Å²) in [5, 5.41) is 0. The molecule has 0 saturated heterocycles. The number of rotatable bonds is 5. The van der Waals surface area contributed by atoms with Crippen molar-refractivity contribution in [2.75, 3.05) is 6.61 Å². The van der Waals surface area contributed by atoms with Crippen LogP contribution in [0.15, 0.2) is 0 Å². The maximum Gasteiger partial charge on any atom is 0.133 e. The first-order valence-electron chi connectivity index (χ1n) is 4.33. The van der Waals surface area contributed by atoms with E-state index in [0.29, 0.717) is 11.8 Å². The van der Waals surface area contributed by atoms with Crippen LogP contribution in [-0.4, -0.2) is 12.2 Å². The molecule has 0 aromatic carbocycles. The third kappa shape index (κ3) is 5.51. The van der Waals surface area contributed by atoms with Crippen LogP contribution in [0.3, 0.4) is 0 Å². The third-order valence-corrected chi connectivity index (χ3v) is 2.24. The summed E-state index contributed by atoms with van der Waals surface area (Å²) in [5.41, 5.74) is -0.109. The molecule has 0 rings (SSSR count). The van der Waals surface area contributed by atoms with Gasteiger partial charge in [-0.15, -0.1) is 0 Å². The second-order valence-corrected chi connectivity index (χ2v) is 3.89. The van der Waals surface area contributed by atoms with Gasteiger partial charge in [-0.2, -0.15) is 0 Å². The van der Waals surface area contributed by atoms with E-state index >= 15 is 0 Å². The molecule has 0 radical (unpaired) electrons. The van der Waals surface area contributed by atoms with Crippen molar-refractivity contribution in [1.29, 1.82) is 0 Å². The lowest BCUT2D eigenvalue weighted by atomic mass is 10.1. The highest BCUT2D eigenvalue weighted by Crippen LogP contribution is 2.15. The van der Waals surface area contributed by atoms with Crippen LogP contribution in [0, 0.1) is 11.8 Å². The predicted molar refractivity (Wildman–Crippen MR) is 49.9 cm³/mol. The molecule has 2 atom stereocenters. The van der Waals surface area contributed by atoms with Crippen LogP contribution >= 0.6 is 11.6 Å². The van der Waals surface area contributed by atoms with Crippen molar-refractivity contribution in [2.45, 2.75) is 39.7 Å². The lowest BCUT2D eigenvalue weighted by Gasteiger charge is -2.17. The van der Waals surface area contributed by atoms with Gasteiger partial charge in [0.1, 0.15) is 5.56 Å². The van der Waals surface area contributed by atoms with E-state index in [1.807, 2.05) is 0 Å². The Morgan fingerprint density at radius 3 is 2.18 bits per heavy atom. The lowest BCUT2D eigenvalue weighted by Crippen LogP contribution is -2.17. The van der Waals surface area contributed by atoms with E-state index in [4.69, 9.17) is 16.3 Å². The molecule has 0 aliphatic heterocycles. The van der Waals surface area contributed by atoms with Gasteiger partial charge in [0, 0.05) is 0 Å². The highest BCUT2D eigenvalue weighted by Gasteiger charge is 2.12. The van der Waals surface area contributed by atoms with Gasteiger partial charge < -0.3 is 4.74 Å². The monoisotopic (exact) mass is 178 g/mol. The molecule has 0 aromatic rings. The molecule has 68 valence electrons. The van der Waals surface area contributed by atoms with Crippen molar-refractivity contribution in [3.63, 3.8) is 0 Å². The molecule has 2 heteroatoms. The minimum absolute atomic E-state index is 0.109. The Morgan fingerprint density at radius 1 is 1.27 bits per heavy atom. The summed E-state index contributed by atoms with van der Waals surface area (Å²) in [5.74, 6) is 1.02. The van der Waals surface area contributed by atoms with Crippen LogP contribution in [0.25, 0.3) is 0 Å². The fourth-order valence-electron chi connectivity index (χ4n) is 0.634. The van der Waals surface area contributed by atoms with Gasteiger partial charge in [-0.05, 0) is 18.3 Å². The summed E-state index contributed by atoms with van der Waals surface area (Å²) in [6.07, 6.45) is 1.08. The number of alkyl halides is 1. The molecule has 2 unspecified atom stereocenters. The largest absolute Gasteiger partial charge is 0.362 e. The molecule has 0 bridgehead atoms. The summed E-state index contributed by atoms with van der Waals surface area (Å²) in [6, 6.07) is 0. The number of halogens is 1. The second-order valence-electron chi connectivity index (χ2n) is 3.46. The maximum atomic E-state index is 5.95. The molecule has 0 heterocycles. The van der Waals surface area contributed by atoms with E-state index in [1.54, 1.807) is 0 Å². The number of hydrogen-bond donors (Lipinski definition) is 0. The third-order valence-electron chi connectivity index (χ3n) is 1.68. The molecule has 1 nitrogen and oxygen atoms in total. The number of hydrogen-bond acceptors (Lipinski definition) is 1. The quantitative estimate of drug-likeness (QED) is 0.588. The molecule has 0 fully saturated rings. The van der Waals surface area contributed by atoms with Crippen LogP contribution in [0.4, 0.5) is 0 Å². The Labute approximate surface area is 75.1 Å². The normalized spacial score (nSPS) is 16.9. The summed E-state index contributed by atoms with van der Waals surface area (Å²) in [4.78, 5) is 0. The van der Waals surface area contributed by atoms with E-state index in [0.717, 1.165) is 13.0 Å². The zero-order valence-electron chi connectivity index (χ0n) is 7.93. The van der Waals surface area contributed by atoms with Gasteiger partial charge >= 0.3 is 0 Å².